The Morgan fingerprint density at radius 1 is 0.323 bits per heavy atom. The van der Waals surface area contributed by atoms with Crippen LogP contribution in [0, 0.1) is 0 Å². The molecule has 362 valence electrons. The third-order valence-corrected chi connectivity index (χ3v) is 9.98. The van der Waals surface area contributed by atoms with Crippen LogP contribution in [0.5, 0.6) is 0 Å². The zero-order chi connectivity index (χ0) is 47.2. The average molecular weight is 895 g/mol. The molecule has 0 aliphatic carbocycles. The molecular weight excluding hydrogens is 805 g/mol. The number of esters is 3. The van der Waals surface area contributed by atoms with Crippen molar-refractivity contribution in [1.29, 1.82) is 0 Å². The van der Waals surface area contributed by atoms with E-state index >= 15 is 0 Å². The summed E-state index contributed by atoms with van der Waals surface area (Å²) in [5, 5.41) is 0. The molecule has 0 bridgehead atoms. The van der Waals surface area contributed by atoms with E-state index in [4.69, 9.17) is 14.2 Å². The largest absolute Gasteiger partial charge is 0.462 e. The molecule has 0 radical (unpaired) electrons. The van der Waals surface area contributed by atoms with Gasteiger partial charge in [-0.2, -0.15) is 0 Å². The normalized spacial score (nSPS) is 13.3. The van der Waals surface area contributed by atoms with Gasteiger partial charge < -0.3 is 14.2 Å². The fourth-order valence-electron chi connectivity index (χ4n) is 6.26. The van der Waals surface area contributed by atoms with Gasteiger partial charge in [-0.25, -0.2) is 0 Å². The van der Waals surface area contributed by atoms with E-state index < -0.39 is 6.10 Å². The Kier molecular flexibility index (Phi) is 48.2. The van der Waals surface area contributed by atoms with E-state index in [2.05, 4.69) is 106 Å². The van der Waals surface area contributed by atoms with E-state index in [9.17, 15) is 14.4 Å². The quantitative estimate of drug-likeness (QED) is 0.0199. The second-order valence-corrected chi connectivity index (χ2v) is 16.1. The molecule has 6 heteroatoms. The maximum Gasteiger partial charge on any atom is 0.306 e. The summed E-state index contributed by atoms with van der Waals surface area (Å²) in [6.07, 6.45) is 73.9. The van der Waals surface area contributed by atoms with Crippen LogP contribution in [0.1, 0.15) is 188 Å². The van der Waals surface area contributed by atoms with Crippen molar-refractivity contribution in [2.24, 2.45) is 0 Å². The van der Waals surface area contributed by atoms with Gasteiger partial charge in [0.15, 0.2) is 6.10 Å². The Hall–Kier alpha value is -4.71. The summed E-state index contributed by atoms with van der Waals surface area (Å²) in [6, 6.07) is 0. The first-order chi connectivity index (χ1) is 32.0. The number of carbonyl (C=O) groups excluding carboxylic acids is 3. The van der Waals surface area contributed by atoms with Gasteiger partial charge in [0, 0.05) is 19.3 Å². The smallest absolute Gasteiger partial charge is 0.306 e. The summed E-state index contributed by atoms with van der Waals surface area (Å²) >= 11 is 0. The molecule has 1 unspecified atom stereocenters. The van der Waals surface area contributed by atoms with Crippen molar-refractivity contribution in [2.45, 2.75) is 194 Å². The molecule has 0 fully saturated rings. The predicted molar refractivity (Wildman–Crippen MR) is 279 cm³/mol. The Morgan fingerprint density at radius 2 is 0.631 bits per heavy atom. The minimum atomic E-state index is -0.819. The summed E-state index contributed by atoms with van der Waals surface area (Å²) in [4.78, 5) is 38.0. The van der Waals surface area contributed by atoms with Crippen LogP contribution in [0.25, 0.3) is 0 Å². The number of unbranched alkanes of at least 4 members (excludes halogenated alkanes) is 13. The maximum absolute atomic E-state index is 12.8. The number of ether oxygens (including phenoxy) is 3. The Morgan fingerprint density at radius 3 is 1.06 bits per heavy atom. The molecule has 0 rings (SSSR count). The molecule has 0 saturated heterocycles. The summed E-state index contributed by atoms with van der Waals surface area (Å²) < 4.78 is 16.7. The van der Waals surface area contributed by atoms with E-state index in [0.29, 0.717) is 19.3 Å². The Labute approximate surface area is 397 Å². The lowest BCUT2D eigenvalue weighted by molar-refractivity contribution is -0.167. The molecule has 0 aliphatic heterocycles. The van der Waals surface area contributed by atoms with Crippen molar-refractivity contribution in [3.05, 3.63) is 146 Å². The lowest BCUT2D eigenvalue weighted by Crippen LogP contribution is -2.30. The van der Waals surface area contributed by atoms with Gasteiger partial charge in [-0.15, -0.1) is 0 Å². The number of hydrogen-bond donors (Lipinski definition) is 0. The average Bonchev–Trinajstić information content (AvgIpc) is 3.30. The van der Waals surface area contributed by atoms with Crippen molar-refractivity contribution in [3.63, 3.8) is 0 Å². The van der Waals surface area contributed by atoms with Crippen molar-refractivity contribution in [2.75, 3.05) is 13.2 Å². The highest BCUT2D eigenvalue weighted by atomic mass is 16.6. The summed E-state index contributed by atoms with van der Waals surface area (Å²) in [5.74, 6) is -1.01. The van der Waals surface area contributed by atoms with Crippen molar-refractivity contribution >= 4 is 17.9 Å². The van der Waals surface area contributed by atoms with Crippen molar-refractivity contribution in [1.82, 2.24) is 0 Å². The SMILES string of the molecule is CC\C=C/C=C\C=C/C=C\C=C\C=C/CCCCCC(=O)OCC(COC(=O)CCCCCC/C=C\C/C=C\C/C=C\CC)OC(=O)CCCCCCCC/C=C\C/C=C\C/C=C\CC. The fraction of sp³-hybridized carbons (Fsp3) is 0.542. The van der Waals surface area contributed by atoms with Crippen LogP contribution in [0.2, 0.25) is 0 Å². The first-order valence-electron chi connectivity index (χ1n) is 25.4. The molecule has 0 spiro atoms. The van der Waals surface area contributed by atoms with Gasteiger partial charge in [0.05, 0.1) is 0 Å². The molecule has 0 saturated carbocycles. The standard InChI is InChI=1S/C59H90O6/c1-4-7-10-13-16-19-22-25-28-30-32-34-37-40-43-46-49-52-58(61)64-55-56(54-63-57(60)51-48-45-42-39-36-33-27-24-21-18-15-12-9-6-3)65-59(62)53-50-47-44-41-38-35-31-29-26-23-20-17-14-11-8-5-2/h7-13,16-22,25-30,32-34,37,56H,4-6,14-15,23-24,31,35-36,38-55H2,1-3H3/b10-7-,11-8-,12-9-,16-13-,20-17-,21-18-,22-19-,28-25-,29-26-,32-30+,33-27-,37-34-. The van der Waals surface area contributed by atoms with Gasteiger partial charge in [0.25, 0.3) is 0 Å². The summed E-state index contributed by atoms with van der Waals surface area (Å²) in [7, 11) is 0. The van der Waals surface area contributed by atoms with Crippen LogP contribution >= 0.6 is 0 Å². The molecule has 0 aliphatic rings. The predicted octanol–water partition coefficient (Wildman–Crippen LogP) is 16.9. The molecular formula is C59H90O6. The van der Waals surface area contributed by atoms with Gasteiger partial charge in [0.2, 0.25) is 0 Å². The van der Waals surface area contributed by atoms with Gasteiger partial charge in [-0.05, 0) is 103 Å². The van der Waals surface area contributed by atoms with Crippen LogP contribution in [0.4, 0.5) is 0 Å². The molecule has 0 heterocycles. The number of rotatable bonds is 43. The monoisotopic (exact) mass is 895 g/mol. The van der Waals surface area contributed by atoms with E-state index in [-0.39, 0.29) is 31.1 Å². The van der Waals surface area contributed by atoms with E-state index in [0.717, 1.165) is 135 Å². The van der Waals surface area contributed by atoms with Crippen LogP contribution < -0.4 is 0 Å². The van der Waals surface area contributed by atoms with Crippen molar-refractivity contribution < 1.29 is 28.6 Å². The molecule has 0 aromatic rings. The highest BCUT2D eigenvalue weighted by molar-refractivity contribution is 5.71. The van der Waals surface area contributed by atoms with E-state index in [1.54, 1.807) is 0 Å². The molecule has 65 heavy (non-hydrogen) atoms. The van der Waals surface area contributed by atoms with E-state index in [1.165, 1.54) is 12.8 Å². The molecule has 6 nitrogen and oxygen atoms in total. The summed E-state index contributed by atoms with van der Waals surface area (Å²) in [5.41, 5.74) is 0. The number of hydrogen-bond acceptors (Lipinski definition) is 6. The van der Waals surface area contributed by atoms with Gasteiger partial charge in [-0.3, -0.25) is 14.4 Å². The lowest BCUT2D eigenvalue weighted by Gasteiger charge is -2.18. The Balaban J connectivity index is 4.57. The lowest BCUT2D eigenvalue weighted by atomic mass is 10.1. The minimum absolute atomic E-state index is 0.116. The van der Waals surface area contributed by atoms with Crippen molar-refractivity contribution in [3.8, 4) is 0 Å². The zero-order valence-corrected chi connectivity index (χ0v) is 41.2. The second kappa shape index (κ2) is 51.9. The molecule has 0 aromatic heterocycles. The highest BCUT2D eigenvalue weighted by Gasteiger charge is 2.19. The van der Waals surface area contributed by atoms with E-state index in [1.807, 2.05) is 60.8 Å². The van der Waals surface area contributed by atoms with Crippen LogP contribution in [0.3, 0.4) is 0 Å². The zero-order valence-electron chi connectivity index (χ0n) is 41.2. The number of allylic oxidation sites excluding steroid dienone is 24. The molecule has 1 atom stereocenters. The first kappa shape index (κ1) is 60.3. The fourth-order valence-corrected chi connectivity index (χ4v) is 6.26. The molecule has 0 amide bonds. The summed E-state index contributed by atoms with van der Waals surface area (Å²) in [6.45, 7) is 6.17. The minimum Gasteiger partial charge on any atom is -0.462 e. The first-order valence-corrected chi connectivity index (χ1v) is 25.4. The van der Waals surface area contributed by atoms with Gasteiger partial charge in [-0.1, -0.05) is 212 Å². The van der Waals surface area contributed by atoms with Gasteiger partial charge in [0.1, 0.15) is 13.2 Å². The van der Waals surface area contributed by atoms with Crippen LogP contribution in [-0.4, -0.2) is 37.2 Å². The highest BCUT2D eigenvalue weighted by Crippen LogP contribution is 2.12. The maximum atomic E-state index is 12.8. The topological polar surface area (TPSA) is 78.9 Å². The van der Waals surface area contributed by atoms with Gasteiger partial charge >= 0.3 is 17.9 Å². The third-order valence-electron chi connectivity index (χ3n) is 9.98. The Bertz CT molecular complexity index is 1490. The number of carbonyl (C=O) groups is 3. The van der Waals surface area contributed by atoms with Crippen LogP contribution in [0.15, 0.2) is 146 Å². The second-order valence-electron chi connectivity index (χ2n) is 16.1. The third kappa shape index (κ3) is 50.2. The molecule has 0 N–H and O–H groups in total. The van der Waals surface area contributed by atoms with Crippen LogP contribution in [-0.2, 0) is 28.6 Å². The molecule has 0 aromatic carbocycles.